The molecule has 0 aliphatic carbocycles. The number of hydrogen-bond donors (Lipinski definition) is 3. The van der Waals surface area contributed by atoms with Crippen LogP contribution in [0, 0.1) is 0 Å². The van der Waals surface area contributed by atoms with E-state index in [9.17, 15) is 9.59 Å². The molecule has 2 aromatic rings. The van der Waals surface area contributed by atoms with Crippen LogP contribution in [0.4, 0.5) is 16.2 Å². The molecule has 0 aliphatic rings. The first-order chi connectivity index (χ1) is 12.6. The Labute approximate surface area is 151 Å². The molecule has 26 heavy (non-hydrogen) atoms. The van der Waals surface area contributed by atoms with E-state index >= 15 is 0 Å². The van der Waals surface area contributed by atoms with Gasteiger partial charge in [-0.25, -0.2) is 4.79 Å². The Morgan fingerprint density at radius 2 is 1.69 bits per heavy atom. The van der Waals surface area contributed by atoms with Crippen LogP contribution < -0.4 is 15.4 Å². The number of carboxylic acid groups (broad SMARTS) is 1. The number of anilines is 2. The number of carbonyl (C=O) groups excluding carboxylic acids is 1. The van der Waals surface area contributed by atoms with Gasteiger partial charge in [0.2, 0.25) is 0 Å². The van der Waals surface area contributed by atoms with Crippen molar-refractivity contribution < 1.29 is 24.2 Å². The van der Waals surface area contributed by atoms with E-state index in [2.05, 4.69) is 10.6 Å². The van der Waals surface area contributed by atoms with Gasteiger partial charge in [0.1, 0.15) is 12.4 Å². The number of hydrogen-bond acceptors (Lipinski definition) is 4. The molecule has 0 bridgehead atoms. The third-order valence-corrected chi connectivity index (χ3v) is 3.46. The number of benzene rings is 2. The van der Waals surface area contributed by atoms with Crippen molar-refractivity contribution in [1.29, 1.82) is 0 Å². The summed E-state index contributed by atoms with van der Waals surface area (Å²) in [6.07, 6.45) is 0.457. The number of urea groups is 1. The maximum absolute atomic E-state index is 12.2. The summed E-state index contributed by atoms with van der Waals surface area (Å²) in [6.45, 7) is 0.908. The molecule has 0 aromatic heterocycles. The van der Waals surface area contributed by atoms with Crippen LogP contribution in [-0.2, 0) is 16.0 Å². The summed E-state index contributed by atoms with van der Waals surface area (Å²) in [5, 5.41) is 14.2. The number of carboxylic acids is 1. The highest BCUT2D eigenvalue weighted by molar-refractivity contribution is 5.99. The SMILES string of the molecule is COCCOc1cccc(NC(=O)Nc2cccc(CCC(=O)O)c2)c1. The maximum atomic E-state index is 12.2. The predicted octanol–water partition coefficient (Wildman–Crippen LogP) is 3.37. The van der Waals surface area contributed by atoms with E-state index in [1.807, 2.05) is 6.07 Å². The molecule has 3 N–H and O–H groups in total. The minimum Gasteiger partial charge on any atom is -0.491 e. The molecule has 0 atom stereocenters. The highest BCUT2D eigenvalue weighted by Crippen LogP contribution is 2.18. The fourth-order valence-corrected chi connectivity index (χ4v) is 2.26. The van der Waals surface area contributed by atoms with Crippen molar-refractivity contribution >= 4 is 23.4 Å². The Balaban J connectivity index is 1.91. The number of aryl methyl sites for hydroxylation is 1. The van der Waals surface area contributed by atoms with Gasteiger partial charge in [0.05, 0.1) is 6.61 Å². The summed E-state index contributed by atoms with van der Waals surface area (Å²) in [5.74, 6) is -0.218. The van der Waals surface area contributed by atoms with Crippen LogP contribution in [0.5, 0.6) is 5.75 Å². The lowest BCUT2D eigenvalue weighted by Crippen LogP contribution is -2.19. The molecule has 7 nitrogen and oxygen atoms in total. The zero-order valence-electron chi connectivity index (χ0n) is 14.5. The van der Waals surface area contributed by atoms with Gasteiger partial charge in [-0.05, 0) is 36.2 Å². The first-order valence-electron chi connectivity index (χ1n) is 8.17. The van der Waals surface area contributed by atoms with Crippen LogP contribution in [0.1, 0.15) is 12.0 Å². The van der Waals surface area contributed by atoms with Crippen LogP contribution in [0.25, 0.3) is 0 Å². The zero-order valence-corrected chi connectivity index (χ0v) is 14.5. The van der Waals surface area contributed by atoms with Crippen LogP contribution in [-0.4, -0.2) is 37.4 Å². The fraction of sp³-hybridized carbons (Fsp3) is 0.263. The average Bonchev–Trinajstić information content (AvgIpc) is 2.61. The second-order valence-corrected chi connectivity index (χ2v) is 5.54. The van der Waals surface area contributed by atoms with E-state index in [0.29, 0.717) is 36.8 Å². The number of nitrogens with one attached hydrogen (secondary N) is 2. The van der Waals surface area contributed by atoms with Crippen molar-refractivity contribution in [2.45, 2.75) is 12.8 Å². The normalized spacial score (nSPS) is 10.2. The van der Waals surface area contributed by atoms with Crippen molar-refractivity contribution in [2.24, 2.45) is 0 Å². The van der Waals surface area contributed by atoms with E-state index in [1.165, 1.54) is 0 Å². The molecule has 0 aliphatic heterocycles. The van der Waals surface area contributed by atoms with Crippen LogP contribution >= 0.6 is 0 Å². The Morgan fingerprint density at radius 1 is 1.00 bits per heavy atom. The summed E-state index contributed by atoms with van der Waals surface area (Å²) in [4.78, 5) is 22.8. The van der Waals surface area contributed by atoms with E-state index in [1.54, 1.807) is 49.6 Å². The quantitative estimate of drug-likeness (QED) is 0.597. The number of amides is 2. The topological polar surface area (TPSA) is 96.9 Å². The minimum absolute atomic E-state index is 0.0471. The van der Waals surface area contributed by atoms with Crippen LogP contribution in [0.3, 0.4) is 0 Å². The van der Waals surface area contributed by atoms with Crippen molar-refractivity contribution in [3.8, 4) is 5.75 Å². The molecule has 0 saturated heterocycles. The van der Waals surface area contributed by atoms with Gasteiger partial charge in [0.25, 0.3) is 0 Å². The van der Waals surface area contributed by atoms with Crippen LogP contribution in [0.2, 0.25) is 0 Å². The Hall–Kier alpha value is -3.06. The third kappa shape index (κ3) is 6.82. The first-order valence-corrected chi connectivity index (χ1v) is 8.17. The molecule has 2 aromatic carbocycles. The predicted molar refractivity (Wildman–Crippen MR) is 98.9 cm³/mol. The van der Waals surface area contributed by atoms with Crippen LogP contribution in [0.15, 0.2) is 48.5 Å². The van der Waals surface area contributed by atoms with Gasteiger partial charge >= 0.3 is 12.0 Å². The molecule has 0 fully saturated rings. The minimum atomic E-state index is -0.853. The standard InChI is InChI=1S/C19H22N2O5/c1-25-10-11-26-17-7-3-6-16(13-17)21-19(24)20-15-5-2-4-14(12-15)8-9-18(22)23/h2-7,12-13H,8-11H2,1H3,(H,22,23)(H2,20,21,24). The number of methoxy groups -OCH3 is 1. The van der Waals surface area contributed by atoms with Gasteiger partial charge in [0, 0.05) is 31.0 Å². The lowest BCUT2D eigenvalue weighted by atomic mass is 10.1. The maximum Gasteiger partial charge on any atom is 0.323 e. The smallest absolute Gasteiger partial charge is 0.323 e. The number of ether oxygens (including phenoxy) is 2. The summed E-state index contributed by atoms with van der Waals surface area (Å²) in [6, 6.07) is 13.8. The van der Waals surface area contributed by atoms with Gasteiger partial charge < -0.3 is 25.2 Å². The fourth-order valence-electron chi connectivity index (χ4n) is 2.26. The number of rotatable bonds is 9. The van der Waals surface area contributed by atoms with E-state index in [4.69, 9.17) is 14.6 Å². The zero-order chi connectivity index (χ0) is 18.8. The van der Waals surface area contributed by atoms with E-state index < -0.39 is 12.0 Å². The molecule has 2 amide bonds. The van der Waals surface area contributed by atoms with E-state index in [-0.39, 0.29) is 6.42 Å². The largest absolute Gasteiger partial charge is 0.491 e. The van der Waals surface area contributed by atoms with Crippen molar-refractivity contribution in [3.63, 3.8) is 0 Å². The third-order valence-electron chi connectivity index (χ3n) is 3.46. The summed E-state index contributed by atoms with van der Waals surface area (Å²) in [7, 11) is 1.60. The number of carbonyl (C=O) groups is 2. The molecule has 0 heterocycles. The second-order valence-electron chi connectivity index (χ2n) is 5.54. The lowest BCUT2D eigenvalue weighted by molar-refractivity contribution is -0.136. The average molecular weight is 358 g/mol. The van der Waals surface area contributed by atoms with Gasteiger partial charge in [-0.3, -0.25) is 4.79 Å². The molecule has 0 unspecified atom stereocenters. The molecule has 138 valence electrons. The monoisotopic (exact) mass is 358 g/mol. The summed E-state index contributed by atoms with van der Waals surface area (Å²) < 4.78 is 10.4. The highest BCUT2D eigenvalue weighted by atomic mass is 16.5. The highest BCUT2D eigenvalue weighted by Gasteiger charge is 2.05. The van der Waals surface area contributed by atoms with Gasteiger partial charge in [0.15, 0.2) is 0 Å². The molecule has 2 rings (SSSR count). The molecule has 0 saturated carbocycles. The van der Waals surface area contributed by atoms with Crippen molar-refractivity contribution in [2.75, 3.05) is 31.0 Å². The Bertz CT molecular complexity index is 748. The molecule has 0 radical (unpaired) electrons. The summed E-state index contributed by atoms with van der Waals surface area (Å²) >= 11 is 0. The Kier molecular flexibility index (Phi) is 7.45. The second kappa shape index (κ2) is 10.0. The molecule has 0 spiro atoms. The van der Waals surface area contributed by atoms with Crippen molar-refractivity contribution in [3.05, 3.63) is 54.1 Å². The first kappa shape index (κ1) is 19.3. The summed E-state index contributed by atoms with van der Waals surface area (Å²) in [5.41, 5.74) is 2.04. The van der Waals surface area contributed by atoms with Gasteiger partial charge in [-0.1, -0.05) is 18.2 Å². The molecular weight excluding hydrogens is 336 g/mol. The molecule has 7 heteroatoms. The molecular formula is C19H22N2O5. The number of aliphatic carboxylic acids is 1. The van der Waals surface area contributed by atoms with Gasteiger partial charge in [-0.15, -0.1) is 0 Å². The lowest BCUT2D eigenvalue weighted by Gasteiger charge is -2.10. The Morgan fingerprint density at radius 3 is 2.38 bits per heavy atom. The van der Waals surface area contributed by atoms with Crippen molar-refractivity contribution in [1.82, 2.24) is 0 Å². The van der Waals surface area contributed by atoms with E-state index in [0.717, 1.165) is 5.56 Å². The van der Waals surface area contributed by atoms with Gasteiger partial charge in [-0.2, -0.15) is 0 Å².